The van der Waals surface area contributed by atoms with Crippen molar-refractivity contribution in [1.82, 2.24) is 4.90 Å². The fourth-order valence-electron chi connectivity index (χ4n) is 3.38. The first-order valence-electron chi connectivity index (χ1n) is 8.30. The lowest BCUT2D eigenvalue weighted by molar-refractivity contribution is -0.141. The second kappa shape index (κ2) is 7.05. The number of nitrogens with zero attached hydrogens (tertiary/aromatic N) is 1. The fourth-order valence-corrected chi connectivity index (χ4v) is 3.38. The summed E-state index contributed by atoms with van der Waals surface area (Å²) in [6.45, 7) is 2.35. The van der Waals surface area contributed by atoms with E-state index in [1.54, 1.807) is 29.2 Å². The standard InChI is InChI=1S/C20H20FNO3/c1-13(15-7-4-5-9-18(15)21)10-19(23)22-11-14-6-2-3-8-16(14)17(12-22)20(24)25/h2-9,13,17H,10-12H2,1H3,(H,24,25). The molecule has 1 N–H and O–H groups in total. The lowest BCUT2D eigenvalue weighted by Gasteiger charge is -2.33. The molecule has 1 aliphatic rings. The van der Waals surface area contributed by atoms with Gasteiger partial charge in [0, 0.05) is 19.5 Å². The van der Waals surface area contributed by atoms with Gasteiger partial charge in [-0.3, -0.25) is 9.59 Å². The lowest BCUT2D eigenvalue weighted by atomic mass is 9.89. The summed E-state index contributed by atoms with van der Waals surface area (Å²) in [4.78, 5) is 25.8. The van der Waals surface area contributed by atoms with Gasteiger partial charge >= 0.3 is 5.97 Å². The third kappa shape index (κ3) is 3.55. The van der Waals surface area contributed by atoms with E-state index in [1.807, 2.05) is 25.1 Å². The number of carbonyl (C=O) groups is 2. The van der Waals surface area contributed by atoms with Gasteiger partial charge in [0.1, 0.15) is 5.82 Å². The number of benzene rings is 2. The molecule has 0 saturated heterocycles. The summed E-state index contributed by atoms with van der Waals surface area (Å²) in [5, 5.41) is 9.49. The van der Waals surface area contributed by atoms with Crippen molar-refractivity contribution in [2.24, 2.45) is 0 Å². The van der Waals surface area contributed by atoms with Crippen LogP contribution in [0.25, 0.3) is 0 Å². The zero-order valence-electron chi connectivity index (χ0n) is 14.0. The van der Waals surface area contributed by atoms with Crippen LogP contribution in [0.1, 0.15) is 41.9 Å². The van der Waals surface area contributed by atoms with Gasteiger partial charge in [-0.15, -0.1) is 0 Å². The van der Waals surface area contributed by atoms with Crippen LogP contribution in [0.3, 0.4) is 0 Å². The molecule has 1 aliphatic heterocycles. The lowest BCUT2D eigenvalue weighted by Crippen LogP contribution is -2.41. The molecule has 0 bridgehead atoms. The first-order chi connectivity index (χ1) is 12.0. The molecule has 0 saturated carbocycles. The zero-order valence-corrected chi connectivity index (χ0v) is 14.0. The molecule has 0 aliphatic carbocycles. The maximum atomic E-state index is 13.9. The smallest absolute Gasteiger partial charge is 0.312 e. The summed E-state index contributed by atoms with van der Waals surface area (Å²) in [5.41, 5.74) is 2.12. The Hall–Kier alpha value is -2.69. The molecule has 0 radical (unpaired) electrons. The van der Waals surface area contributed by atoms with E-state index in [0.717, 1.165) is 11.1 Å². The molecule has 25 heavy (non-hydrogen) atoms. The second-order valence-corrected chi connectivity index (χ2v) is 6.49. The van der Waals surface area contributed by atoms with E-state index in [0.29, 0.717) is 12.1 Å². The Morgan fingerprint density at radius 2 is 1.88 bits per heavy atom. The van der Waals surface area contributed by atoms with Crippen LogP contribution in [0.4, 0.5) is 4.39 Å². The molecule has 0 fully saturated rings. The van der Waals surface area contributed by atoms with Crippen LogP contribution in [0.5, 0.6) is 0 Å². The van der Waals surface area contributed by atoms with Crippen molar-refractivity contribution in [3.05, 3.63) is 71.0 Å². The Bertz CT molecular complexity index is 805. The molecule has 2 atom stereocenters. The monoisotopic (exact) mass is 341 g/mol. The number of aliphatic carboxylic acids is 1. The molecule has 3 rings (SSSR count). The van der Waals surface area contributed by atoms with Crippen LogP contribution in [0.2, 0.25) is 0 Å². The maximum absolute atomic E-state index is 13.9. The highest BCUT2D eigenvalue weighted by molar-refractivity contribution is 5.82. The van der Waals surface area contributed by atoms with Gasteiger partial charge in [-0.05, 0) is 28.7 Å². The van der Waals surface area contributed by atoms with Crippen molar-refractivity contribution in [3.8, 4) is 0 Å². The van der Waals surface area contributed by atoms with Gasteiger partial charge in [0.05, 0.1) is 5.92 Å². The quantitative estimate of drug-likeness (QED) is 0.925. The molecule has 5 heteroatoms. The van der Waals surface area contributed by atoms with Crippen molar-refractivity contribution in [2.75, 3.05) is 6.54 Å². The van der Waals surface area contributed by atoms with Crippen molar-refractivity contribution in [1.29, 1.82) is 0 Å². The minimum absolute atomic E-state index is 0.148. The number of fused-ring (bicyclic) bond motifs is 1. The Kier molecular flexibility index (Phi) is 4.83. The number of carbonyl (C=O) groups excluding carboxylic acids is 1. The molecule has 4 nitrogen and oxygen atoms in total. The molecular formula is C20H20FNO3. The molecule has 130 valence electrons. The van der Waals surface area contributed by atoms with Gasteiger partial charge in [0.25, 0.3) is 0 Å². The summed E-state index contributed by atoms with van der Waals surface area (Å²) >= 11 is 0. The number of carboxylic acids is 1. The van der Waals surface area contributed by atoms with Crippen LogP contribution < -0.4 is 0 Å². The number of amides is 1. The van der Waals surface area contributed by atoms with Crippen molar-refractivity contribution in [3.63, 3.8) is 0 Å². The Balaban J connectivity index is 1.77. The molecule has 2 aromatic rings. The number of carboxylic acid groups (broad SMARTS) is 1. The van der Waals surface area contributed by atoms with Crippen LogP contribution in [0, 0.1) is 5.82 Å². The van der Waals surface area contributed by atoms with Gasteiger partial charge < -0.3 is 10.0 Å². The summed E-state index contributed by atoms with van der Waals surface area (Å²) in [6.07, 6.45) is 0.148. The van der Waals surface area contributed by atoms with E-state index < -0.39 is 11.9 Å². The average molecular weight is 341 g/mol. The van der Waals surface area contributed by atoms with E-state index >= 15 is 0 Å². The third-order valence-electron chi connectivity index (χ3n) is 4.76. The Morgan fingerprint density at radius 1 is 1.20 bits per heavy atom. The molecular weight excluding hydrogens is 321 g/mol. The van der Waals surface area contributed by atoms with Crippen LogP contribution in [-0.4, -0.2) is 28.4 Å². The first-order valence-corrected chi connectivity index (χ1v) is 8.30. The van der Waals surface area contributed by atoms with Crippen LogP contribution in [0.15, 0.2) is 48.5 Å². The van der Waals surface area contributed by atoms with Crippen LogP contribution >= 0.6 is 0 Å². The number of rotatable bonds is 4. The van der Waals surface area contributed by atoms with E-state index in [1.165, 1.54) is 6.07 Å². The minimum atomic E-state index is -0.938. The summed E-state index contributed by atoms with van der Waals surface area (Å²) in [6, 6.07) is 13.7. The highest BCUT2D eigenvalue weighted by Gasteiger charge is 2.32. The summed E-state index contributed by atoms with van der Waals surface area (Å²) < 4.78 is 13.9. The van der Waals surface area contributed by atoms with Gasteiger partial charge in [-0.25, -0.2) is 4.39 Å². The van der Waals surface area contributed by atoms with Gasteiger partial charge in [-0.1, -0.05) is 49.4 Å². The predicted molar refractivity (Wildman–Crippen MR) is 91.7 cm³/mol. The van der Waals surface area contributed by atoms with E-state index in [9.17, 15) is 19.1 Å². The molecule has 1 heterocycles. The van der Waals surface area contributed by atoms with Gasteiger partial charge in [0.2, 0.25) is 5.91 Å². The molecule has 2 unspecified atom stereocenters. The van der Waals surface area contributed by atoms with Gasteiger partial charge in [-0.2, -0.15) is 0 Å². The number of hydrogen-bond acceptors (Lipinski definition) is 2. The van der Waals surface area contributed by atoms with E-state index in [-0.39, 0.29) is 30.6 Å². The largest absolute Gasteiger partial charge is 0.481 e. The topological polar surface area (TPSA) is 57.6 Å². The van der Waals surface area contributed by atoms with E-state index in [4.69, 9.17) is 0 Å². The normalized spacial score (nSPS) is 17.7. The fraction of sp³-hybridized carbons (Fsp3) is 0.300. The maximum Gasteiger partial charge on any atom is 0.312 e. The highest BCUT2D eigenvalue weighted by Crippen LogP contribution is 2.30. The predicted octanol–water partition coefficient (Wildman–Crippen LogP) is 3.53. The second-order valence-electron chi connectivity index (χ2n) is 6.49. The number of hydrogen-bond donors (Lipinski definition) is 1. The van der Waals surface area contributed by atoms with Gasteiger partial charge in [0.15, 0.2) is 0 Å². The average Bonchev–Trinajstić information content (AvgIpc) is 2.60. The first kappa shape index (κ1) is 17.1. The van der Waals surface area contributed by atoms with Crippen molar-refractivity contribution < 1.29 is 19.1 Å². The molecule has 0 aromatic heterocycles. The summed E-state index contributed by atoms with van der Waals surface area (Å²) in [7, 11) is 0. The molecule has 1 amide bonds. The third-order valence-corrected chi connectivity index (χ3v) is 4.76. The van der Waals surface area contributed by atoms with Crippen LogP contribution in [-0.2, 0) is 16.1 Å². The van der Waals surface area contributed by atoms with Crippen molar-refractivity contribution >= 4 is 11.9 Å². The summed E-state index contributed by atoms with van der Waals surface area (Å²) in [5.74, 6) is -2.41. The Morgan fingerprint density at radius 3 is 2.60 bits per heavy atom. The molecule has 0 spiro atoms. The zero-order chi connectivity index (χ0) is 18.0. The molecule has 2 aromatic carbocycles. The van der Waals surface area contributed by atoms with E-state index in [2.05, 4.69) is 0 Å². The van der Waals surface area contributed by atoms with Crippen molar-refractivity contribution in [2.45, 2.75) is 31.7 Å². The number of halogens is 1. The SMILES string of the molecule is CC(CC(=O)N1Cc2ccccc2C(C(=O)O)C1)c1ccccc1F. The Labute approximate surface area is 145 Å². The minimum Gasteiger partial charge on any atom is -0.481 e. The highest BCUT2D eigenvalue weighted by atomic mass is 19.1.